The lowest BCUT2D eigenvalue weighted by atomic mass is 10.1. The smallest absolute Gasteiger partial charge is 0.257 e. The molecule has 0 fully saturated rings. The number of carbonyl (C=O) groups excluding carboxylic acids is 1. The van der Waals surface area contributed by atoms with E-state index in [4.69, 9.17) is 20.8 Å². The summed E-state index contributed by atoms with van der Waals surface area (Å²) in [6, 6.07) is 14.6. The van der Waals surface area contributed by atoms with Crippen LogP contribution >= 0.6 is 11.6 Å². The summed E-state index contributed by atoms with van der Waals surface area (Å²) in [7, 11) is 0. The van der Waals surface area contributed by atoms with Gasteiger partial charge in [0.15, 0.2) is 6.61 Å². The molecule has 26 heavy (non-hydrogen) atoms. The first-order valence-electron chi connectivity index (χ1n) is 8.15. The number of nitrogens with zero attached hydrogens (tertiary/aromatic N) is 2. The van der Waals surface area contributed by atoms with Gasteiger partial charge in [0.05, 0.1) is 0 Å². The maximum Gasteiger partial charge on any atom is 0.257 e. The van der Waals surface area contributed by atoms with E-state index in [9.17, 15) is 4.79 Å². The Hall–Kier alpha value is -2.86. The van der Waals surface area contributed by atoms with Crippen LogP contribution in [0.5, 0.6) is 5.75 Å². The molecule has 0 atom stereocenters. The second kappa shape index (κ2) is 8.49. The number of halogens is 1. The van der Waals surface area contributed by atoms with Gasteiger partial charge in [0.1, 0.15) is 5.75 Å². The fraction of sp³-hybridized carbons (Fsp3) is 0.211. The topological polar surface area (TPSA) is 77.2 Å². The van der Waals surface area contributed by atoms with Gasteiger partial charge in [0.25, 0.3) is 5.91 Å². The van der Waals surface area contributed by atoms with Gasteiger partial charge < -0.3 is 14.5 Å². The molecule has 0 aliphatic heterocycles. The first-order chi connectivity index (χ1) is 12.6. The molecule has 0 radical (unpaired) electrons. The maximum atomic E-state index is 11.8. The highest BCUT2D eigenvalue weighted by Gasteiger charge is 2.11. The Morgan fingerprint density at radius 3 is 2.69 bits per heavy atom. The molecule has 3 rings (SSSR count). The van der Waals surface area contributed by atoms with Gasteiger partial charge in [0.2, 0.25) is 11.8 Å². The highest BCUT2D eigenvalue weighted by Crippen LogP contribution is 2.21. The number of benzene rings is 2. The summed E-state index contributed by atoms with van der Waals surface area (Å²) in [6.07, 6.45) is 0.450. The third kappa shape index (κ3) is 4.83. The lowest BCUT2D eigenvalue weighted by Gasteiger charge is -2.06. The fourth-order valence-corrected chi connectivity index (χ4v) is 2.44. The predicted molar refractivity (Wildman–Crippen MR) is 98.1 cm³/mol. The molecule has 2 aromatic carbocycles. The van der Waals surface area contributed by atoms with Gasteiger partial charge in [-0.25, -0.2) is 0 Å². The minimum absolute atomic E-state index is 0.0695. The molecule has 1 heterocycles. The Bertz CT molecular complexity index is 878. The molecule has 0 spiro atoms. The van der Waals surface area contributed by atoms with Crippen LogP contribution < -0.4 is 10.1 Å². The average Bonchev–Trinajstić information content (AvgIpc) is 3.10. The van der Waals surface area contributed by atoms with Crippen LogP contribution in [0.1, 0.15) is 11.5 Å². The number of rotatable bonds is 7. The van der Waals surface area contributed by atoms with Crippen LogP contribution in [0.4, 0.5) is 0 Å². The lowest BCUT2D eigenvalue weighted by molar-refractivity contribution is -0.123. The van der Waals surface area contributed by atoms with Crippen LogP contribution in [0.15, 0.2) is 52.9 Å². The molecular formula is C19H18ClN3O3. The van der Waals surface area contributed by atoms with E-state index in [-0.39, 0.29) is 12.5 Å². The zero-order valence-corrected chi connectivity index (χ0v) is 15.0. The summed E-state index contributed by atoms with van der Waals surface area (Å²) >= 11 is 5.80. The number of hydrogen-bond donors (Lipinski definition) is 1. The van der Waals surface area contributed by atoms with E-state index in [2.05, 4.69) is 15.5 Å². The number of ether oxygens (including phenoxy) is 1. The minimum Gasteiger partial charge on any atom is -0.484 e. The molecule has 0 aliphatic rings. The number of aryl methyl sites for hydroxylation is 1. The Morgan fingerprint density at radius 1 is 1.15 bits per heavy atom. The van der Waals surface area contributed by atoms with Crippen molar-refractivity contribution in [3.63, 3.8) is 0 Å². The molecule has 7 heteroatoms. The molecular weight excluding hydrogens is 354 g/mol. The molecule has 0 unspecified atom stereocenters. The molecule has 6 nitrogen and oxygen atoms in total. The zero-order valence-electron chi connectivity index (χ0n) is 14.2. The van der Waals surface area contributed by atoms with E-state index in [1.165, 1.54) is 0 Å². The highest BCUT2D eigenvalue weighted by atomic mass is 35.5. The number of hydrogen-bond acceptors (Lipinski definition) is 5. The van der Waals surface area contributed by atoms with Crippen molar-refractivity contribution in [2.45, 2.75) is 13.3 Å². The first-order valence-corrected chi connectivity index (χ1v) is 8.53. The minimum atomic E-state index is -0.224. The lowest BCUT2D eigenvalue weighted by Crippen LogP contribution is -2.30. The van der Waals surface area contributed by atoms with E-state index in [1.54, 1.807) is 24.3 Å². The summed E-state index contributed by atoms with van der Waals surface area (Å²) in [5, 5.41) is 11.5. The number of aromatic nitrogens is 2. The predicted octanol–water partition coefficient (Wildman–Crippen LogP) is 3.44. The second-order valence-corrected chi connectivity index (χ2v) is 6.09. The van der Waals surface area contributed by atoms with Gasteiger partial charge in [-0.2, -0.15) is 0 Å². The van der Waals surface area contributed by atoms with Crippen molar-refractivity contribution in [1.82, 2.24) is 15.5 Å². The average molecular weight is 372 g/mol. The van der Waals surface area contributed by atoms with E-state index in [0.29, 0.717) is 35.5 Å². The van der Waals surface area contributed by atoms with Crippen molar-refractivity contribution in [1.29, 1.82) is 0 Å². The summed E-state index contributed by atoms with van der Waals surface area (Å²) in [6.45, 7) is 2.30. The summed E-state index contributed by atoms with van der Waals surface area (Å²) in [5.41, 5.74) is 1.97. The second-order valence-electron chi connectivity index (χ2n) is 5.66. The Balaban J connectivity index is 1.44. The Kier molecular flexibility index (Phi) is 5.86. The van der Waals surface area contributed by atoms with Gasteiger partial charge in [0, 0.05) is 23.6 Å². The molecule has 1 aromatic heterocycles. The standard InChI is InChI=1S/C19H18ClN3O3/c1-13-4-2-3-5-16(13)19-23-22-18(26-19)10-11-21-17(24)12-25-15-8-6-14(20)7-9-15/h2-9H,10-12H2,1H3,(H,21,24). The van der Waals surface area contributed by atoms with Crippen LogP contribution in [0.3, 0.4) is 0 Å². The van der Waals surface area contributed by atoms with Crippen molar-refractivity contribution in [3.8, 4) is 17.2 Å². The Labute approximate surface area is 156 Å². The van der Waals surface area contributed by atoms with E-state index in [0.717, 1.165) is 11.1 Å². The van der Waals surface area contributed by atoms with Gasteiger partial charge >= 0.3 is 0 Å². The normalized spacial score (nSPS) is 10.5. The SMILES string of the molecule is Cc1ccccc1-c1nnc(CCNC(=O)COc2ccc(Cl)cc2)o1. The van der Waals surface area contributed by atoms with Crippen molar-refractivity contribution >= 4 is 17.5 Å². The van der Waals surface area contributed by atoms with Gasteiger partial charge in [-0.05, 0) is 42.8 Å². The zero-order chi connectivity index (χ0) is 18.4. The third-order valence-electron chi connectivity index (χ3n) is 3.69. The van der Waals surface area contributed by atoms with Crippen molar-refractivity contribution in [2.75, 3.05) is 13.2 Å². The Morgan fingerprint density at radius 2 is 1.92 bits per heavy atom. The van der Waals surface area contributed by atoms with Crippen LogP contribution in [0.25, 0.3) is 11.5 Å². The van der Waals surface area contributed by atoms with Crippen molar-refractivity contribution < 1.29 is 13.9 Å². The first kappa shape index (κ1) is 17.9. The maximum absolute atomic E-state index is 11.8. The summed E-state index contributed by atoms with van der Waals surface area (Å²) < 4.78 is 11.0. The molecule has 0 saturated carbocycles. The van der Waals surface area contributed by atoms with E-state index < -0.39 is 0 Å². The molecule has 0 saturated heterocycles. The summed E-state index contributed by atoms with van der Waals surface area (Å²) in [4.78, 5) is 11.8. The summed E-state index contributed by atoms with van der Waals surface area (Å²) in [5.74, 6) is 1.32. The number of carbonyl (C=O) groups is 1. The van der Waals surface area contributed by atoms with Crippen LogP contribution in [0, 0.1) is 6.92 Å². The fourth-order valence-electron chi connectivity index (χ4n) is 2.32. The molecule has 1 N–H and O–H groups in total. The van der Waals surface area contributed by atoms with Crippen LogP contribution in [-0.4, -0.2) is 29.3 Å². The van der Waals surface area contributed by atoms with Gasteiger partial charge in [-0.15, -0.1) is 10.2 Å². The van der Waals surface area contributed by atoms with Gasteiger partial charge in [-0.1, -0.05) is 29.8 Å². The molecule has 3 aromatic rings. The van der Waals surface area contributed by atoms with E-state index in [1.807, 2.05) is 31.2 Å². The van der Waals surface area contributed by atoms with E-state index >= 15 is 0 Å². The quantitative estimate of drug-likeness (QED) is 0.688. The van der Waals surface area contributed by atoms with Gasteiger partial charge in [-0.3, -0.25) is 4.79 Å². The molecule has 134 valence electrons. The highest BCUT2D eigenvalue weighted by molar-refractivity contribution is 6.30. The van der Waals surface area contributed by atoms with Crippen LogP contribution in [0.2, 0.25) is 5.02 Å². The largest absolute Gasteiger partial charge is 0.484 e. The molecule has 0 aliphatic carbocycles. The molecule has 0 bridgehead atoms. The van der Waals surface area contributed by atoms with Crippen molar-refractivity contribution in [2.24, 2.45) is 0 Å². The van der Waals surface area contributed by atoms with Crippen molar-refractivity contribution in [3.05, 3.63) is 65.0 Å². The monoisotopic (exact) mass is 371 g/mol. The molecule has 1 amide bonds. The van der Waals surface area contributed by atoms with Crippen LogP contribution in [-0.2, 0) is 11.2 Å². The third-order valence-corrected chi connectivity index (χ3v) is 3.94. The number of amides is 1. The number of nitrogens with one attached hydrogen (secondary N) is 1.